The molecule has 3 atom stereocenters. The van der Waals surface area contributed by atoms with Gasteiger partial charge < -0.3 is 16.2 Å². The molecule has 25 heavy (non-hydrogen) atoms. The molecule has 0 saturated heterocycles. The van der Waals surface area contributed by atoms with Gasteiger partial charge in [0, 0.05) is 19.0 Å². The molecule has 4 nitrogen and oxygen atoms in total. The molecule has 148 valence electrons. The number of hydrogen-bond donors (Lipinski definition) is 3. The number of nitrogens with two attached hydrogens (primary N) is 1. The maximum absolute atomic E-state index is 12.3. The van der Waals surface area contributed by atoms with E-state index < -0.39 is 6.10 Å². The van der Waals surface area contributed by atoms with Gasteiger partial charge in [-0.3, -0.25) is 4.79 Å². The first-order valence-electron chi connectivity index (χ1n) is 10.3. The summed E-state index contributed by atoms with van der Waals surface area (Å²) in [7, 11) is 1.70. The second-order valence-corrected chi connectivity index (χ2v) is 8.26. The summed E-state index contributed by atoms with van der Waals surface area (Å²) in [5, 5.41) is 13.4. The van der Waals surface area contributed by atoms with E-state index in [0.717, 1.165) is 12.8 Å². The van der Waals surface area contributed by atoms with Crippen molar-refractivity contribution in [2.45, 2.75) is 95.6 Å². The number of nitrogens with one attached hydrogen (secondary N) is 1. The Morgan fingerprint density at radius 1 is 1.00 bits per heavy atom. The van der Waals surface area contributed by atoms with Crippen molar-refractivity contribution in [3.8, 4) is 0 Å². The van der Waals surface area contributed by atoms with Crippen LogP contribution in [-0.4, -0.2) is 30.2 Å². The molecule has 4 N–H and O–H groups in total. The van der Waals surface area contributed by atoms with Gasteiger partial charge in [0.25, 0.3) is 0 Å². The molecule has 2 aliphatic carbocycles. The maximum atomic E-state index is 12.3. The van der Waals surface area contributed by atoms with Gasteiger partial charge in [-0.1, -0.05) is 64.2 Å². The van der Waals surface area contributed by atoms with E-state index in [2.05, 4.69) is 5.32 Å². The lowest BCUT2D eigenvalue weighted by molar-refractivity contribution is -0.126. The van der Waals surface area contributed by atoms with Crippen LogP contribution < -0.4 is 11.1 Å². The molecule has 2 saturated carbocycles. The molecule has 2 fully saturated rings. The fourth-order valence-corrected chi connectivity index (χ4v) is 4.77. The first kappa shape index (κ1) is 22.7. The average Bonchev–Trinajstić information content (AvgIpc) is 2.62. The average molecular weight is 375 g/mol. The normalized spacial score (nSPS) is 23.3. The molecule has 5 heteroatoms. The molecule has 0 spiro atoms. The Kier molecular flexibility index (Phi) is 11.0. The largest absolute Gasteiger partial charge is 0.391 e. The third-order valence-electron chi connectivity index (χ3n) is 6.31. The number of hydrogen-bond acceptors (Lipinski definition) is 3. The fourth-order valence-electron chi connectivity index (χ4n) is 4.77. The van der Waals surface area contributed by atoms with E-state index in [1.165, 1.54) is 64.2 Å². The monoisotopic (exact) mass is 374 g/mol. The van der Waals surface area contributed by atoms with Crippen molar-refractivity contribution in [1.29, 1.82) is 0 Å². The van der Waals surface area contributed by atoms with Crippen molar-refractivity contribution in [2.24, 2.45) is 23.5 Å². The highest BCUT2D eigenvalue weighted by Crippen LogP contribution is 2.32. The standard InChI is InChI=1S/C20H38N2O2.ClH/c1-22-20(24)17(12-15-8-4-2-5-9-15)14-19(23)18(21)13-16-10-6-3-7-11-16;/h15-19,23H,2-14,21H2,1H3,(H,22,24);1H/t17?,18-,19?;/m0./s1. The van der Waals surface area contributed by atoms with Gasteiger partial charge in [-0.25, -0.2) is 0 Å². The van der Waals surface area contributed by atoms with Crippen molar-refractivity contribution in [2.75, 3.05) is 7.05 Å². The van der Waals surface area contributed by atoms with Crippen molar-refractivity contribution >= 4 is 18.3 Å². The van der Waals surface area contributed by atoms with E-state index in [9.17, 15) is 9.90 Å². The molecule has 2 rings (SSSR count). The molecular formula is C20H39ClN2O2. The quantitative estimate of drug-likeness (QED) is 0.605. The third-order valence-corrected chi connectivity index (χ3v) is 6.31. The number of halogens is 1. The van der Waals surface area contributed by atoms with Crippen LogP contribution in [0.3, 0.4) is 0 Å². The van der Waals surface area contributed by atoms with Crippen LogP contribution in [0.15, 0.2) is 0 Å². The van der Waals surface area contributed by atoms with Gasteiger partial charge in [0.1, 0.15) is 0 Å². The highest BCUT2D eigenvalue weighted by atomic mass is 35.5. The Bertz CT molecular complexity index is 369. The lowest BCUT2D eigenvalue weighted by Crippen LogP contribution is -2.41. The van der Waals surface area contributed by atoms with Crippen LogP contribution in [0.2, 0.25) is 0 Å². The van der Waals surface area contributed by atoms with Gasteiger partial charge >= 0.3 is 0 Å². The Hall–Kier alpha value is -0.320. The first-order valence-corrected chi connectivity index (χ1v) is 10.3. The predicted octanol–water partition coefficient (Wildman–Crippen LogP) is 3.79. The summed E-state index contributed by atoms with van der Waals surface area (Å²) in [5.74, 6) is 1.29. The van der Waals surface area contributed by atoms with E-state index in [1.807, 2.05) is 0 Å². The molecule has 0 aromatic carbocycles. The highest BCUT2D eigenvalue weighted by Gasteiger charge is 2.29. The van der Waals surface area contributed by atoms with Crippen molar-refractivity contribution in [1.82, 2.24) is 5.32 Å². The highest BCUT2D eigenvalue weighted by molar-refractivity contribution is 5.85. The summed E-state index contributed by atoms with van der Waals surface area (Å²) < 4.78 is 0. The van der Waals surface area contributed by atoms with E-state index in [1.54, 1.807) is 7.05 Å². The van der Waals surface area contributed by atoms with Gasteiger partial charge in [-0.15, -0.1) is 12.4 Å². The number of carbonyl (C=O) groups excluding carboxylic acids is 1. The minimum atomic E-state index is -0.558. The Balaban J connectivity index is 0.00000312. The van der Waals surface area contributed by atoms with Gasteiger partial charge in [0.2, 0.25) is 5.91 Å². The summed E-state index contributed by atoms with van der Waals surface area (Å²) in [6.07, 6.45) is 14.6. The van der Waals surface area contributed by atoms with Crippen LogP contribution in [0, 0.1) is 17.8 Å². The Morgan fingerprint density at radius 2 is 1.48 bits per heavy atom. The fraction of sp³-hybridized carbons (Fsp3) is 0.950. The predicted molar refractivity (Wildman–Crippen MR) is 106 cm³/mol. The zero-order valence-electron chi connectivity index (χ0n) is 15.9. The topological polar surface area (TPSA) is 75.3 Å². The second kappa shape index (κ2) is 12.1. The number of carbonyl (C=O) groups is 1. The summed E-state index contributed by atoms with van der Waals surface area (Å²) in [6, 6.07) is -0.188. The van der Waals surface area contributed by atoms with Crippen LogP contribution in [0.1, 0.15) is 83.5 Å². The van der Waals surface area contributed by atoms with Crippen molar-refractivity contribution < 1.29 is 9.90 Å². The summed E-state index contributed by atoms with van der Waals surface area (Å²) in [6.45, 7) is 0. The molecule has 2 unspecified atom stereocenters. The van der Waals surface area contributed by atoms with Crippen LogP contribution in [0.25, 0.3) is 0 Å². The zero-order chi connectivity index (χ0) is 17.4. The van der Waals surface area contributed by atoms with E-state index >= 15 is 0 Å². The summed E-state index contributed by atoms with van der Waals surface area (Å²) >= 11 is 0. The van der Waals surface area contributed by atoms with E-state index in [-0.39, 0.29) is 30.3 Å². The molecule has 0 aliphatic heterocycles. The van der Waals surface area contributed by atoms with Crippen LogP contribution in [0.4, 0.5) is 0 Å². The molecule has 0 bridgehead atoms. The van der Waals surface area contributed by atoms with Gasteiger partial charge in [0.05, 0.1) is 6.10 Å². The molecule has 0 heterocycles. The summed E-state index contributed by atoms with van der Waals surface area (Å²) in [4.78, 5) is 12.3. The van der Waals surface area contributed by atoms with Gasteiger partial charge in [-0.2, -0.15) is 0 Å². The van der Waals surface area contributed by atoms with Crippen LogP contribution in [0.5, 0.6) is 0 Å². The number of aliphatic hydroxyl groups is 1. The number of amides is 1. The van der Waals surface area contributed by atoms with E-state index in [0.29, 0.717) is 18.3 Å². The first-order chi connectivity index (χ1) is 11.6. The third kappa shape index (κ3) is 7.84. The number of rotatable bonds is 8. The second-order valence-electron chi connectivity index (χ2n) is 8.26. The minimum absolute atomic E-state index is 0. The smallest absolute Gasteiger partial charge is 0.222 e. The molecule has 0 radical (unpaired) electrons. The van der Waals surface area contributed by atoms with Crippen molar-refractivity contribution in [3.63, 3.8) is 0 Å². The minimum Gasteiger partial charge on any atom is -0.391 e. The number of aliphatic hydroxyl groups excluding tert-OH is 1. The Labute approximate surface area is 160 Å². The van der Waals surface area contributed by atoms with Crippen LogP contribution in [-0.2, 0) is 4.79 Å². The lowest BCUT2D eigenvalue weighted by Gasteiger charge is -2.30. The lowest BCUT2D eigenvalue weighted by atomic mass is 9.79. The molecule has 1 amide bonds. The van der Waals surface area contributed by atoms with Crippen LogP contribution >= 0.6 is 12.4 Å². The zero-order valence-corrected chi connectivity index (χ0v) is 16.7. The van der Waals surface area contributed by atoms with Crippen molar-refractivity contribution in [3.05, 3.63) is 0 Å². The maximum Gasteiger partial charge on any atom is 0.222 e. The van der Waals surface area contributed by atoms with Gasteiger partial charge in [-0.05, 0) is 31.1 Å². The molecule has 2 aliphatic rings. The van der Waals surface area contributed by atoms with Gasteiger partial charge in [0.15, 0.2) is 0 Å². The summed E-state index contributed by atoms with van der Waals surface area (Å²) in [5.41, 5.74) is 6.29. The molecule has 0 aromatic heterocycles. The molecule has 0 aromatic rings. The SMILES string of the molecule is CNC(=O)C(CC1CCCCC1)CC(O)[C@@H](N)CC1CCCCC1.Cl. The van der Waals surface area contributed by atoms with E-state index in [4.69, 9.17) is 5.73 Å². The molecular weight excluding hydrogens is 336 g/mol. The Morgan fingerprint density at radius 3 is 1.96 bits per heavy atom.